The summed E-state index contributed by atoms with van der Waals surface area (Å²) in [6.45, 7) is 1.75. The van der Waals surface area contributed by atoms with Gasteiger partial charge in [-0.3, -0.25) is 4.79 Å². The Kier molecular flexibility index (Phi) is 2.14. The Bertz CT molecular complexity index is 488. The Morgan fingerprint density at radius 3 is 2.93 bits per heavy atom. The van der Waals surface area contributed by atoms with Crippen molar-refractivity contribution in [2.45, 2.75) is 6.92 Å². The van der Waals surface area contributed by atoms with Crippen LogP contribution >= 0.6 is 0 Å². The minimum Gasteiger partial charge on any atom is -0.310 e. The van der Waals surface area contributed by atoms with Gasteiger partial charge in [0, 0.05) is 6.20 Å². The summed E-state index contributed by atoms with van der Waals surface area (Å²) in [4.78, 5) is 18.2. The highest BCUT2D eigenvalue weighted by Crippen LogP contribution is 2.11. The van der Waals surface area contributed by atoms with Crippen LogP contribution in [0, 0.1) is 19.1 Å². The lowest BCUT2D eigenvalue weighted by atomic mass is 10.1. The van der Waals surface area contributed by atoms with Gasteiger partial charge in [-0.1, -0.05) is 12.1 Å². The number of H-pyrrole nitrogens is 1. The monoisotopic (exact) mass is 184 g/mol. The zero-order valence-electron chi connectivity index (χ0n) is 7.66. The van der Waals surface area contributed by atoms with Gasteiger partial charge in [-0.15, -0.1) is 0 Å². The fourth-order valence-electron chi connectivity index (χ4n) is 1.20. The highest BCUT2D eigenvalue weighted by Gasteiger charge is 2.02. The van der Waals surface area contributed by atoms with Crippen molar-refractivity contribution in [2.75, 3.05) is 0 Å². The second-order valence-electron chi connectivity index (χ2n) is 2.93. The first-order valence-electron chi connectivity index (χ1n) is 4.21. The SMILES string of the molecule is Cc1ncc(-c2c[c][c]cc2)c(=O)[nH]1. The number of rotatable bonds is 1. The number of hydrogen-bond donors (Lipinski definition) is 1. The van der Waals surface area contributed by atoms with E-state index >= 15 is 0 Å². The Labute approximate surface area is 81.5 Å². The molecule has 68 valence electrons. The molecule has 3 nitrogen and oxygen atoms in total. The molecule has 0 bridgehead atoms. The van der Waals surface area contributed by atoms with Gasteiger partial charge in [0.25, 0.3) is 5.56 Å². The van der Waals surface area contributed by atoms with E-state index in [4.69, 9.17) is 0 Å². The Hall–Kier alpha value is -1.90. The van der Waals surface area contributed by atoms with Crippen LogP contribution in [0.25, 0.3) is 11.1 Å². The number of benzene rings is 1. The Morgan fingerprint density at radius 2 is 2.29 bits per heavy atom. The number of aromatic amines is 1. The van der Waals surface area contributed by atoms with E-state index in [9.17, 15) is 4.79 Å². The maximum atomic E-state index is 11.5. The van der Waals surface area contributed by atoms with Crippen molar-refractivity contribution in [1.29, 1.82) is 0 Å². The molecule has 0 spiro atoms. The average molecular weight is 184 g/mol. The molecule has 2 radical (unpaired) electrons. The molecular weight excluding hydrogens is 176 g/mol. The molecule has 0 amide bonds. The molecular formula is C11H8N2O. The third-order valence-corrected chi connectivity index (χ3v) is 1.89. The van der Waals surface area contributed by atoms with Gasteiger partial charge in [0.1, 0.15) is 5.82 Å². The molecule has 0 aliphatic heterocycles. The van der Waals surface area contributed by atoms with Gasteiger partial charge in [0.15, 0.2) is 0 Å². The van der Waals surface area contributed by atoms with E-state index in [2.05, 4.69) is 22.1 Å². The van der Waals surface area contributed by atoms with Crippen molar-refractivity contribution >= 4 is 0 Å². The molecule has 3 heteroatoms. The van der Waals surface area contributed by atoms with Crippen molar-refractivity contribution in [1.82, 2.24) is 9.97 Å². The number of aryl methyl sites for hydroxylation is 1. The van der Waals surface area contributed by atoms with Crippen LogP contribution in [0.3, 0.4) is 0 Å². The van der Waals surface area contributed by atoms with E-state index < -0.39 is 0 Å². The zero-order chi connectivity index (χ0) is 9.97. The van der Waals surface area contributed by atoms with Crippen molar-refractivity contribution in [3.8, 4) is 11.1 Å². The lowest BCUT2D eigenvalue weighted by Gasteiger charge is -1.99. The summed E-state index contributed by atoms with van der Waals surface area (Å²) in [5.41, 5.74) is 1.23. The standard InChI is InChI=1S/C11H8N2O/c1-8-12-7-10(11(14)13-8)9-5-3-2-4-6-9/h3,5-7H,1H3,(H,12,13,14). The highest BCUT2D eigenvalue weighted by atomic mass is 16.1. The van der Waals surface area contributed by atoms with Gasteiger partial charge in [-0.05, 0) is 30.7 Å². The lowest BCUT2D eigenvalue weighted by molar-refractivity contribution is 1.02. The second kappa shape index (κ2) is 3.46. The molecule has 1 aromatic carbocycles. The summed E-state index contributed by atoms with van der Waals surface area (Å²) in [5, 5.41) is 0. The molecule has 0 fully saturated rings. The van der Waals surface area contributed by atoms with E-state index in [0.717, 1.165) is 5.56 Å². The van der Waals surface area contributed by atoms with Crippen LogP contribution in [-0.4, -0.2) is 9.97 Å². The molecule has 1 N–H and O–H groups in total. The van der Waals surface area contributed by atoms with Crippen LogP contribution in [0.15, 0.2) is 29.2 Å². The molecule has 0 aliphatic rings. The van der Waals surface area contributed by atoms with Crippen molar-refractivity contribution in [3.63, 3.8) is 0 Å². The van der Waals surface area contributed by atoms with Gasteiger partial charge in [0.05, 0.1) is 5.56 Å². The minimum atomic E-state index is -0.128. The molecule has 0 saturated carbocycles. The Morgan fingerprint density at radius 1 is 1.43 bits per heavy atom. The van der Waals surface area contributed by atoms with E-state index in [1.54, 1.807) is 31.3 Å². The quantitative estimate of drug-likeness (QED) is 0.727. The van der Waals surface area contributed by atoms with Gasteiger partial charge >= 0.3 is 0 Å². The number of aromatic nitrogens is 2. The fraction of sp³-hybridized carbons (Fsp3) is 0.0909. The largest absolute Gasteiger partial charge is 0.310 e. The van der Waals surface area contributed by atoms with Crippen molar-refractivity contribution in [2.24, 2.45) is 0 Å². The van der Waals surface area contributed by atoms with Crippen molar-refractivity contribution in [3.05, 3.63) is 52.7 Å². The van der Waals surface area contributed by atoms with Crippen LogP contribution < -0.4 is 5.56 Å². The van der Waals surface area contributed by atoms with E-state index in [1.807, 2.05) is 0 Å². The highest BCUT2D eigenvalue weighted by molar-refractivity contribution is 5.60. The van der Waals surface area contributed by atoms with E-state index in [-0.39, 0.29) is 5.56 Å². The normalized spacial score (nSPS) is 10.1. The number of hydrogen-bond acceptors (Lipinski definition) is 2. The predicted octanol–water partition coefficient (Wildman–Crippen LogP) is 1.35. The predicted molar refractivity (Wildman–Crippen MR) is 52.7 cm³/mol. The summed E-state index contributed by atoms with van der Waals surface area (Å²) in [6, 6.07) is 10.8. The third-order valence-electron chi connectivity index (χ3n) is 1.89. The van der Waals surface area contributed by atoms with E-state index in [1.165, 1.54) is 0 Å². The molecule has 0 atom stereocenters. The van der Waals surface area contributed by atoms with Gasteiger partial charge in [-0.25, -0.2) is 4.98 Å². The Balaban J connectivity index is 2.59. The van der Waals surface area contributed by atoms with Gasteiger partial charge < -0.3 is 4.98 Å². The van der Waals surface area contributed by atoms with E-state index in [0.29, 0.717) is 11.4 Å². The maximum absolute atomic E-state index is 11.5. The van der Waals surface area contributed by atoms with Crippen LogP contribution in [0.5, 0.6) is 0 Å². The van der Waals surface area contributed by atoms with Crippen LogP contribution in [-0.2, 0) is 0 Å². The van der Waals surface area contributed by atoms with Crippen LogP contribution in [0.4, 0.5) is 0 Å². The average Bonchev–Trinajstić information content (AvgIpc) is 2.19. The van der Waals surface area contributed by atoms with Crippen LogP contribution in [0.1, 0.15) is 5.82 Å². The molecule has 0 saturated heterocycles. The fourth-order valence-corrected chi connectivity index (χ4v) is 1.20. The minimum absolute atomic E-state index is 0.128. The molecule has 0 unspecified atom stereocenters. The summed E-state index contributed by atoms with van der Waals surface area (Å²) in [5.74, 6) is 0.616. The molecule has 0 aliphatic carbocycles. The first-order chi connectivity index (χ1) is 6.77. The summed E-state index contributed by atoms with van der Waals surface area (Å²) >= 11 is 0. The smallest absolute Gasteiger partial charge is 0.258 e. The molecule has 1 heterocycles. The van der Waals surface area contributed by atoms with Crippen molar-refractivity contribution < 1.29 is 0 Å². The first kappa shape index (κ1) is 8.69. The molecule has 2 aromatic rings. The molecule has 1 aromatic heterocycles. The summed E-state index contributed by atoms with van der Waals surface area (Å²) in [6.07, 6.45) is 1.57. The number of nitrogens with zero attached hydrogens (tertiary/aromatic N) is 1. The maximum Gasteiger partial charge on any atom is 0.258 e. The van der Waals surface area contributed by atoms with Gasteiger partial charge in [0.2, 0.25) is 0 Å². The second-order valence-corrected chi connectivity index (χ2v) is 2.93. The third kappa shape index (κ3) is 1.57. The number of nitrogens with one attached hydrogen (secondary N) is 1. The first-order valence-corrected chi connectivity index (χ1v) is 4.21. The molecule has 14 heavy (non-hydrogen) atoms. The van der Waals surface area contributed by atoms with Crippen LogP contribution in [0.2, 0.25) is 0 Å². The molecule has 2 rings (SSSR count). The summed E-state index contributed by atoms with van der Waals surface area (Å²) in [7, 11) is 0. The zero-order valence-corrected chi connectivity index (χ0v) is 7.66. The van der Waals surface area contributed by atoms with Gasteiger partial charge in [-0.2, -0.15) is 0 Å². The lowest BCUT2D eigenvalue weighted by Crippen LogP contribution is -2.11. The summed E-state index contributed by atoms with van der Waals surface area (Å²) < 4.78 is 0. The topological polar surface area (TPSA) is 45.8 Å².